The van der Waals surface area contributed by atoms with Crippen LogP contribution in [0.1, 0.15) is 47.1 Å². The van der Waals surface area contributed by atoms with E-state index in [2.05, 4.69) is 10.2 Å². The van der Waals surface area contributed by atoms with Crippen LogP contribution in [-0.4, -0.2) is 28.4 Å². The Morgan fingerprint density at radius 3 is 2.79 bits per heavy atom. The monoisotopic (exact) mass is 408 g/mol. The summed E-state index contributed by atoms with van der Waals surface area (Å²) in [6, 6.07) is 13.0. The lowest BCUT2D eigenvalue weighted by Gasteiger charge is -2.25. The topological polar surface area (TPSA) is 88.4 Å². The fourth-order valence-corrected chi connectivity index (χ4v) is 5.01. The lowest BCUT2D eigenvalue weighted by molar-refractivity contribution is -0.384. The minimum absolute atomic E-state index is 0.0113. The van der Waals surface area contributed by atoms with Crippen LogP contribution in [0.25, 0.3) is 10.2 Å². The summed E-state index contributed by atoms with van der Waals surface area (Å²) in [5.41, 5.74) is 1.82. The molecule has 0 spiro atoms. The number of nitrogens with one attached hydrogen (secondary N) is 1. The molecule has 1 aliphatic heterocycles. The number of nitrogens with zero attached hydrogens (tertiary/aromatic N) is 3. The maximum Gasteiger partial charge on any atom is 0.293 e. The number of nitro benzene ring substituents is 1. The largest absolute Gasteiger partial charge is 0.357 e. The Morgan fingerprint density at radius 2 is 2.03 bits per heavy atom. The maximum atomic E-state index is 12.3. The average molecular weight is 408 g/mol. The lowest BCUT2D eigenvalue weighted by atomic mass is 10.1. The molecule has 2 fully saturated rings. The minimum Gasteiger partial charge on any atom is -0.357 e. The molecule has 1 aromatic heterocycles. The summed E-state index contributed by atoms with van der Waals surface area (Å²) in [7, 11) is 0. The highest BCUT2D eigenvalue weighted by atomic mass is 32.1. The second-order valence-electron chi connectivity index (χ2n) is 7.58. The Kier molecular flexibility index (Phi) is 4.43. The molecule has 3 aromatic rings. The zero-order chi connectivity index (χ0) is 20.0. The van der Waals surface area contributed by atoms with Gasteiger partial charge in [-0.15, -0.1) is 11.3 Å². The third kappa shape index (κ3) is 3.44. The average Bonchev–Trinajstić information content (AvgIpc) is 3.24. The first-order valence-electron chi connectivity index (χ1n) is 9.81. The molecular formula is C21H20N4O3S. The number of carbonyl (C=O) groups excluding carboxylic acids is 1. The third-order valence-corrected chi connectivity index (χ3v) is 6.64. The number of benzene rings is 2. The van der Waals surface area contributed by atoms with E-state index < -0.39 is 4.92 Å². The van der Waals surface area contributed by atoms with Crippen molar-refractivity contribution < 1.29 is 9.72 Å². The molecule has 2 aromatic carbocycles. The van der Waals surface area contributed by atoms with Crippen molar-refractivity contribution in [2.75, 3.05) is 11.4 Å². The van der Waals surface area contributed by atoms with Crippen molar-refractivity contribution in [2.45, 2.75) is 37.8 Å². The molecule has 8 heteroatoms. The first kappa shape index (κ1) is 18.1. The van der Waals surface area contributed by atoms with Gasteiger partial charge in [0.05, 0.1) is 21.2 Å². The summed E-state index contributed by atoms with van der Waals surface area (Å²) in [4.78, 5) is 30.6. The van der Waals surface area contributed by atoms with Crippen molar-refractivity contribution in [3.05, 3.63) is 63.1 Å². The third-order valence-electron chi connectivity index (χ3n) is 5.50. The summed E-state index contributed by atoms with van der Waals surface area (Å²) in [6.45, 7) is 0.731. The number of anilines is 1. The van der Waals surface area contributed by atoms with E-state index in [4.69, 9.17) is 4.98 Å². The van der Waals surface area contributed by atoms with Crippen LogP contribution in [0.15, 0.2) is 42.5 Å². The van der Waals surface area contributed by atoms with E-state index in [-0.39, 0.29) is 23.7 Å². The summed E-state index contributed by atoms with van der Waals surface area (Å²) in [5, 5.41) is 15.7. The van der Waals surface area contributed by atoms with Crippen LogP contribution in [0, 0.1) is 10.1 Å². The standard InChI is InChI=1S/C21H20N4O3S/c26-20(22-14-8-9-14)13-7-10-16(18(12-13)25(27)28)24-11-3-5-17(24)21-23-15-4-1-2-6-19(15)29-21/h1-2,4,6-7,10,12,14,17H,3,5,8-9,11H2,(H,22,26). The number of thiazole rings is 1. The Bertz CT molecular complexity index is 1080. The fourth-order valence-electron chi connectivity index (χ4n) is 3.89. The van der Waals surface area contributed by atoms with Crippen molar-refractivity contribution in [1.82, 2.24) is 10.3 Å². The Labute approximate surface area is 171 Å². The van der Waals surface area contributed by atoms with Crippen molar-refractivity contribution in [2.24, 2.45) is 0 Å². The van der Waals surface area contributed by atoms with E-state index in [0.717, 1.165) is 47.5 Å². The van der Waals surface area contributed by atoms with Gasteiger partial charge in [0.2, 0.25) is 0 Å². The highest BCUT2D eigenvalue weighted by Crippen LogP contribution is 2.42. The molecule has 1 saturated carbocycles. The molecule has 1 amide bonds. The van der Waals surface area contributed by atoms with Crippen LogP contribution in [0.3, 0.4) is 0 Å². The van der Waals surface area contributed by atoms with Gasteiger partial charge in [-0.3, -0.25) is 14.9 Å². The van der Waals surface area contributed by atoms with E-state index in [0.29, 0.717) is 11.3 Å². The zero-order valence-electron chi connectivity index (χ0n) is 15.7. The molecule has 5 rings (SSSR count). The highest BCUT2D eigenvalue weighted by molar-refractivity contribution is 7.18. The van der Waals surface area contributed by atoms with Crippen molar-refractivity contribution >= 4 is 38.8 Å². The number of hydrogen-bond donors (Lipinski definition) is 1. The molecule has 1 aliphatic carbocycles. The van der Waals surface area contributed by atoms with Crippen LogP contribution in [0.5, 0.6) is 0 Å². The van der Waals surface area contributed by atoms with Crippen LogP contribution < -0.4 is 10.2 Å². The molecule has 2 aliphatic rings. The number of para-hydroxylation sites is 1. The van der Waals surface area contributed by atoms with E-state index in [1.54, 1.807) is 23.5 Å². The SMILES string of the molecule is O=C(NC1CC1)c1ccc(N2CCCC2c2nc3ccccc3s2)c([N+](=O)[O-])c1. The van der Waals surface area contributed by atoms with Gasteiger partial charge in [-0.1, -0.05) is 12.1 Å². The van der Waals surface area contributed by atoms with Gasteiger partial charge in [0.25, 0.3) is 11.6 Å². The van der Waals surface area contributed by atoms with Crippen molar-refractivity contribution in [1.29, 1.82) is 0 Å². The van der Waals surface area contributed by atoms with Gasteiger partial charge in [-0.2, -0.15) is 0 Å². The molecule has 1 saturated heterocycles. The summed E-state index contributed by atoms with van der Waals surface area (Å²) < 4.78 is 1.12. The lowest BCUT2D eigenvalue weighted by Crippen LogP contribution is -2.26. The number of hydrogen-bond acceptors (Lipinski definition) is 6. The predicted octanol–water partition coefficient (Wildman–Crippen LogP) is 4.44. The summed E-state index contributed by atoms with van der Waals surface area (Å²) in [6.07, 6.45) is 3.80. The van der Waals surface area contributed by atoms with Crippen LogP contribution in [0.2, 0.25) is 0 Å². The number of carbonyl (C=O) groups is 1. The molecule has 148 valence electrons. The zero-order valence-corrected chi connectivity index (χ0v) is 16.5. The summed E-state index contributed by atoms with van der Waals surface area (Å²) >= 11 is 1.64. The molecule has 7 nitrogen and oxygen atoms in total. The van der Waals surface area contributed by atoms with Crippen LogP contribution in [0.4, 0.5) is 11.4 Å². The van der Waals surface area contributed by atoms with Crippen LogP contribution in [-0.2, 0) is 0 Å². The van der Waals surface area contributed by atoms with Crippen molar-refractivity contribution in [3.8, 4) is 0 Å². The molecule has 1 atom stereocenters. The smallest absolute Gasteiger partial charge is 0.293 e. The second kappa shape index (κ2) is 7.11. The molecule has 1 N–H and O–H groups in total. The molecular weight excluding hydrogens is 388 g/mol. The number of fused-ring (bicyclic) bond motifs is 1. The minimum atomic E-state index is -0.392. The van der Waals surface area contributed by atoms with Gasteiger partial charge in [-0.25, -0.2) is 4.98 Å². The number of rotatable bonds is 5. The molecule has 0 radical (unpaired) electrons. The fraction of sp³-hybridized carbons (Fsp3) is 0.333. The summed E-state index contributed by atoms with van der Waals surface area (Å²) in [5.74, 6) is -0.244. The highest BCUT2D eigenvalue weighted by Gasteiger charge is 2.33. The molecule has 29 heavy (non-hydrogen) atoms. The normalized spacial score (nSPS) is 18.9. The van der Waals surface area contributed by atoms with Gasteiger partial charge in [-0.05, 0) is 49.9 Å². The first-order valence-corrected chi connectivity index (χ1v) is 10.6. The Hall–Kier alpha value is -3.00. The van der Waals surface area contributed by atoms with Gasteiger partial charge < -0.3 is 10.2 Å². The molecule has 1 unspecified atom stereocenters. The first-order chi connectivity index (χ1) is 14.1. The van der Waals surface area contributed by atoms with Gasteiger partial charge in [0, 0.05) is 24.2 Å². The van der Waals surface area contributed by atoms with Gasteiger partial charge in [0.15, 0.2) is 0 Å². The number of amides is 1. The quantitative estimate of drug-likeness (QED) is 0.498. The van der Waals surface area contributed by atoms with Gasteiger partial charge >= 0.3 is 0 Å². The second-order valence-corrected chi connectivity index (χ2v) is 8.64. The van der Waals surface area contributed by atoms with Crippen molar-refractivity contribution in [3.63, 3.8) is 0 Å². The molecule has 0 bridgehead atoms. The molecule has 2 heterocycles. The Morgan fingerprint density at radius 1 is 1.21 bits per heavy atom. The Balaban J connectivity index is 1.49. The van der Waals surface area contributed by atoms with E-state index in [1.807, 2.05) is 24.3 Å². The van der Waals surface area contributed by atoms with E-state index in [1.165, 1.54) is 6.07 Å². The number of nitro groups is 1. The van der Waals surface area contributed by atoms with E-state index in [9.17, 15) is 14.9 Å². The van der Waals surface area contributed by atoms with Gasteiger partial charge in [0.1, 0.15) is 10.7 Å². The number of aromatic nitrogens is 1. The van der Waals surface area contributed by atoms with E-state index >= 15 is 0 Å². The predicted molar refractivity (Wildman–Crippen MR) is 113 cm³/mol. The van der Waals surface area contributed by atoms with Crippen LogP contribution >= 0.6 is 11.3 Å². The maximum absolute atomic E-state index is 12.3.